The molecule has 0 radical (unpaired) electrons. The Labute approximate surface area is 148 Å². The molecule has 4 nitrogen and oxygen atoms in total. The summed E-state index contributed by atoms with van der Waals surface area (Å²) in [7, 11) is 0. The van der Waals surface area contributed by atoms with E-state index in [4.69, 9.17) is 23.2 Å². The number of benzene rings is 1. The Bertz CT molecular complexity index is 543. The number of rotatable bonds is 8. The molecule has 0 spiro atoms. The van der Waals surface area contributed by atoms with E-state index in [9.17, 15) is 9.59 Å². The molecule has 0 heterocycles. The normalized spacial score (nSPS) is 10.5. The summed E-state index contributed by atoms with van der Waals surface area (Å²) in [6, 6.07) is 4.96. The van der Waals surface area contributed by atoms with Crippen molar-refractivity contribution in [2.75, 3.05) is 24.5 Å². The number of nitrogens with zero attached hydrogens (tertiary/aromatic N) is 2. The first-order chi connectivity index (χ1) is 10.9. The van der Waals surface area contributed by atoms with Gasteiger partial charge in [0.15, 0.2) is 0 Å². The molecule has 2 amide bonds. The molecular formula is C17H24Cl2N2O2. The van der Waals surface area contributed by atoms with Gasteiger partial charge in [0.25, 0.3) is 0 Å². The molecule has 128 valence electrons. The highest BCUT2D eigenvalue weighted by molar-refractivity contribution is 6.35. The van der Waals surface area contributed by atoms with Crippen molar-refractivity contribution in [2.45, 2.75) is 40.0 Å². The van der Waals surface area contributed by atoms with Crippen LogP contribution in [0.25, 0.3) is 0 Å². The third kappa shape index (κ3) is 6.04. The van der Waals surface area contributed by atoms with Gasteiger partial charge in [0.2, 0.25) is 11.8 Å². The maximum absolute atomic E-state index is 12.4. The molecule has 0 aliphatic rings. The van der Waals surface area contributed by atoms with Crippen LogP contribution in [0.5, 0.6) is 0 Å². The monoisotopic (exact) mass is 358 g/mol. The Morgan fingerprint density at radius 2 is 1.65 bits per heavy atom. The van der Waals surface area contributed by atoms with Crippen LogP contribution in [-0.2, 0) is 9.59 Å². The van der Waals surface area contributed by atoms with Gasteiger partial charge < -0.3 is 9.80 Å². The number of amides is 2. The van der Waals surface area contributed by atoms with Gasteiger partial charge in [0.1, 0.15) is 0 Å². The van der Waals surface area contributed by atoms with Crippen molar-refractivity contribution >= 4 is 40.7 Å². The molecule has 6 heteroatoms. The van der Waals surface area contributed by atoms with Gasteiger partial charge in [-0.2, -0.15) is 0 Å². The average molecular weight is 359 g/mol. The summed E-state index contributed by atoms with van der Waals surface area (Å²) < 4.78 is 0. The van der Waals surface area contributed by atoms with Crippen LogP contribution in [0.1, 0.15) is 40.0 Å². The Balaban J connectivity index is 2.83. The number of hydrogen-bond acceptors (Lipinski definition) is 2. The Hall–Kier alpha value is -1.26. The predicted molar refractivity (Wildman–Crippen MR) is 96.3 cm³/mol. The molecule has 0 unspecified atom stereocenters. The molecule has 0 bridgehead atoms. The molecule has 0 atom stereocenters. The third-order valence-electron chi connectivity index (χ3n) is 3.47. The van der Waals surface area contributed by atoms with Crippen molar-refractivity contribution in [1.29, 1.82) is 0 Å². The van der Waals surface area contributed by atoms with Gasteiger partial charge in [-0.25, -0.2) is 0 Å². The molecule has 23 heavy (non-hydrogen) atoms. The van der Waals surface area contributed by atoms with E-state index < -0.39 is 0 Å². The van der Waals surface area contributed by atoms with Crippen LogP contribution in [0, 0.1) is 0 Å². The van der Waals surface area contributed by atoms with E-state index >= 15 is 0 Å². The van der Waals surface area contributed by atoms with E-state index in [-0.39, 0.29) is 24.8 Å². The second-order valence-corrected chi connectivity index (χ2v) is 6.24. The fourth-order valence-corrected chi connectivity index (χ4v) is 2.79. The maximum Gasteiger partial charge on any atom is 0.224 e. The van der Waals surface area contributed by atoms with Gasteiger partial charge in [0.05, 0.1) is 10.7 Å². The van der Waals surface area contributed by atoms with Crippen molar-refractivity contribution in [3.05, 3.63) is 28.2 Å². The molecule has 1 aromatic carbocycles. The van der Waals surface area contributed by atoms with E-state index in [0.717, 1.165) is 25.9 Å². The third-order valence-corrected chi connectivity index (χ3v) is 4.02. The highest BCUT2D eigenvalue weighted by Crippen LogP contribution is 2.29. The van der Waals surface area contributed by atoms with Crippen LogP contribution in [0.4, 0.5) is 5.69 Å². The lowest BCUT2D eigenvalue weighted by Gasteiger charge is -2.25. The van der Waals surface area contributed by atoms with Crippen LogP contribution < -0.4 is 4.90 Å². The minimum absolute atomic E-state index is 0.0538. The van der Waals surface area contributed by atoms with Crippen LogP contribution in [-0.4, -0.2) is 36.3 Å². The first-order valence-electron chi connectivity index (χ1n) is 7.91. The van der Waals surface area contributed by atoms with Gasteiger partial charge in [-0.15, -0.1) is 0 Å². The average Bonchev–Trinajstić information content (AvgIpc) is 2.50. The minimum atomic E-state index is -0.167. The molecule has 0 aliphatic heterocycles. The van der Waals surface area contributed by atoms with Gasteiger partial charge in [-0.1, -0.05) is 37.0 Å². The molecule has 0 N–H and O–H groups in total. The lowest BCUT2D eigenvalue weighted by atomic mass is 10.2. The van der Waals surface area contributed by atoms with Gasteiger partial charge in [0, 0.05) is 38.0 Å². The highest BCUT2D eigenvalue weighted by atomic mass is 35.5. The number of carbonyl (C=O) groups excluding carboxylic acids is 2. The Morgan fingerprint density at radius 1 is 1.04 bits per heavy atom. The number of carbonyl (C=O) groups is 2. The summed E-state index contributed by atoms with van der Waals surface area (Å²) in [6.45, 7) is 7.32. The van der Waals surface area contributed by atoms with Crippen LogP contribution >= 0.6 is 23.2 Å². The Kier molecular flexibility index (Phi) is 8.42. The molecule has 0 aromatic heterocycles. The van der Waals surface area contributed by atoms with Crippen molar-refractivity contribution in [1.82, 2.24) is 4.90 Å². The molecule has 0 fully saturated rings. The summed E-state index contributed by atoms with van der Waals surface area (Å²) >= 11 is 12.2. The minimum Gasteiger partial charge on any atom is -0.343 e. The molecule has 0 aliphatic carbocycles. The van der Waals surface area contributed by atoms with E-state index in [1.54, 1.807) is 18.2 Å². The van der Waals surface area contributed by atoms with Crippen LogP contribution in [0.15, 0.2) is 18.2 Å². The summed E-state index contributed by atoms with van der Waals surface area (Å²) in [5, 5.41) is 0.941. The standard InChI is InChI=1S/C17H24Cl2N2O2/c1-4-9-20(10-5-2)17(23)8-11-21(13(3)22)16-12-14(18)6-7-15(16)19/h6-7,12H,4-5,8-11H2,1-3H3. The van der Waals surface area contributed by atoms with Crippen molar-refractivity contribution < 1.29 is 9.59 Å². The topological polar surface area (TPSA) is 40.6 Å². The van der Waals surface area contributed by atoms with Gasteiger partial charge >= 0.3 is 0 Å². The fourth-order valence-electron chi connectivity index (χ4n) is 2.41. The zero-order valence-electron chi connectivity index (χ0n) is 13.9. The second kappa shape index (κ2) is 9.78. The van der Waals surface area contributed by atoms with E-state index in [2.05, 4.69) is 0 Å². The molecule has 1 rings (SSSR count). The summed E-state index contributed by atoms with van der Waals surface area (Å²) in [5.74, 6) is -0.113. The van der Waals surface area contributed by atoms with Crippen molar-refractivity contribution in [2.24, 2.45) is 0 Å². The molecule has 1 aromatic rings. The van der Waals surface area contributed by atoms with E-state index in [1.165, 1.54) is 11.8 Å². The quantitative estimate of drug-likeness (QED) is 0.691. The molecule has 0 saturated carbocycles. The number of anilines is 1. The first kappa shape index (κ1) is 19.8. The summed E-state index contributed by atoms with van der Waals surface area (Å²) in [4.78, 5) is 27.7. The summed E-state index contributed by atoms with van der Waals surface area (Å²) in [5.41, 5.74) is 0.539. The zero-order chi connectivity index (χ0) is 17.4. The lowest BCUT2D eigenvalue weighted by molar-refractivity contribution is -0.131. The summed E-state index contributed by atoms with van der Waals surface area (Å²) in [6.07, 6.45) is 2.10. The Morgan fingerprint density at radius 3 is 2.17 bits per heavy atom. The fraction of sp³-hybridized carbons (Fsp3) is 0.529. The highest BCUT2D eigenvalue weighted by Gasteiger charge is 2.19. The molecular weight excluding hydrogens is 335 g/mol. The van der Waals surface area contributed by atoms with Gasteiger partial charge in [-0.3, -0.25) is 9.59 Å². The van der Waals surface area contributed by atoms with Crippen molar-refractivity contribution in [3.63, 3.8) is 0 Å². The SMILES string of the molecule is CCCN(CCC)C(=O)CCN(C(C)=O)c1cc(Cl)ccc1Cl. The zero-order valence-corrected chi connectivity index (χ0v) is 15.5. The van der Waals surface area contributed by atoms with Gasteiger partial charge in [-0.05, 0) is 31.0 Å². The van der Waals surface area contributed by atoms with Crippen molar-refractivity contribution in [3.8, 4) is 0 Å². The van der Waals surface area contributed by atoms with Crippen LogP contribution in [0.2, 0.25) is 10.0 Å². The second-order valence-electron chi connectivity index (χ2n) is 5.40. The van der Waals surface area contributed by atoms with Crippen LogP contribution in [0.3, 0.4) is 0 Å². The predicted octanol–water partition coefficient (Wildman–Crippen LogP) is 4.39. The van der Waals surface area contributed by atoms with E-state index in [1.807, 2.05) is 18.7 Å². The number of halogens is 2. The van der Waals surface area contributed by atoms with E-state index in [0.29, 0.717) is 15.7 Å². The first-order valence-corrected chi connectivity index (χ1v) is 8.67. The number of hydrogen-bond donors (Lipinski definition) is 0. The largest absolute Gasteiger partial charge is 0.343 e. The molecule has 0 saturated heterocycles. The smallest absolute Gasteiger partial charge is 0.224 e. The maximum atomic E-state index is 12.4. The lowest BCUT2D eigenvalue weighted by Crippen LogP contribution is -2.37.